The lowest BCUT2D eigenvalue weighted by Crippen LogP contribution is -1.97. The molecule has 0 bridgehead atoms. The maximum Gasteiger partial charge on any atom is 0.160 e. The van der Waals surface area contributed by atoms with Crippen LogP contribution < -0.4 is 0 Å². The lowest BCUT2D eigenvalue weighted by molar-refractivity contribution is 1.18. The summed E-state index contributed by atoms with van der Waals surface area (Å²) in [6.07, 6.45) is 0. The van der Waals surface area contributed by atoms with Crippen LogP contribution in [0.3, 0.4) is 0 Å². The molecule has 0 saturated heterocycles. The highest BCUT2D eigenvalue weighted by atomic mass is 14.9. The van der Waals surface area contributed by atoms with Gasteiger partial charge in [-0.2, -0.15) is 0 Å². The predicted molar refractivity (Wildman–Crippen MR) is 233 cm³/mol. The molecule has 0 amide bonds. The van der Waals surface area contributed by atoms with Gasteiger partial charge >= 0.3 is 0 Å². The van der Waals surface area contributed by atoms with Crippen LogP contribution in [-0.2, 0) is 0 Å². The zero-order valence-corrected chi connectivity index (χ0v) is 30.5. The van der Waals surface area contributed by atoms with Crippen LogP contribution in [0.4, 0.5) is 0 Å². The van der Waals surface area contributed by atoms with Gasteiger partial charge in [0.2, 0.25) is 0 Å². The van der Waals surface area contributed by atoms with Gasteiger partial charge in [0, 0.05) is 27.6 Å². The Kier molecular flexibility index (Phi) is 8.51. The topological polar surface area (TPSA) is 38.7 Å². The standard InChI is InChI=1S/C53H35N3/c1-5-13-36(14-6-1)38-21-26-43(27-22-38)50-35-51(44-28-23-39(24-29-44)37-15-7-2-8-16-37)56-53(55-50)45-30-25-41-31-32-48-52(46(41)33-45)47(40-17-9-3-10-18-40)34-49(54-48)42-19-11-4-12-20-42/h1-35H. The quantitative estimate of drug-likeness (QED) is 0.154. The molecule has 0 aliphatic carbocycles. The molecule has 0 radical (unpaired) electrons. The van der Waals surface area contributed by atoms with Gasteiger partial charge in [0.1, 0.15) is 0 Å². The Morgan fingerprint density at radius 2 is 0.661 bits per heavy atom. The summed E-state index contributed by atoms with van der Waals surface area (Å²) in [6.45, 7) is 0. The van der Waals surface area contributed by atoms with Crippen molar-refractivity contribution in [2.75, 3.05) is 0 Å². The van der Waals surface area contributed by atoms with E-state index in [1.165, 1.54) is 22.3 Å². The highest BCUT2D eigenvalue weighted by molar-refractivity contribution is 6.14. The van der Waals surface area contributed by atoms with Gasteiger partial charge in [0.15, 0.2) is 5.82 Å². The largest absolute Gasteiger partial charge is 0.248 e. The Balaban J connectivity index is 1.14. The van der Waals surface area contributed by atoms with E-state index in [-0.39, 0.29) is 0 Å². The Morgan fingerprint density at radius 3 is 1.20 bits per heavy atom. The minimum Gasteiger partial charge on any atom is -0.248 e. The van der Waals surface area contributed by atoms with E-state index in [4.69, 9.17) is 15.0 Å². The molecule has 56 heavy (non-hydrogen) atoms. The molecule has 10 aromatic rings. The second-order valence-electron chi connectivity index (χ2n) is 14.0. The first-order valence-electron chi connectivity index (χ1n) is 18.9. The molecule has 2 aromatic heterocycles. The molecule has 0 spiro atoms. The second-order valence-corrected chi connectivity index (χ2v) is 14.0. The van der Waals surface area contributed by atoms with E-state index in [2.05, 4.69) is 194 Å². The van der Waals surface area contributed by atoms with Crippen LogP contribution in [0.25, 0.3) is 100 Å². The molecule has 0 N–H and O–H groups in total. The van der Waals surface area contributed by atoms with Crippen LogP contribution in [-0.4, -0.2) is 15.0 Å². The third-order valence-electron chi connectivity index (χ3n) is 10.5. The zero-order valence-electron chi connectivity index (χ0n) is 30.5. The number of benzene rings is 8. The van der Waals surface area contributed by atoms with Crippen LogP contribution in [0.15, 0.2) is 212 Å². The maximum absolute atomic E-state index is 5.26. The third-order valence-corrected chi connectivity index (χ3v) is 10.5. The minimum atomic E-state index is 0.672. The number of hydrogen-bond donors (Lipinski definition) is 0. The van der Waals surface area contributed by atoms with E-state index < -0.39 is 0 Å². The number of hydrogen-bond acceptors (Lipinski definition) is 3. The molecule has 3 nitrogen and oxygen atoms in total. The van der Waals surface area contributed by atoms with Crippen LogP contribution in [0.5, 0.6) is 0 Å². The molecule has 0 aliphatic heterocycles. The van der Waals surface area contributed by atoms with Crippen molar-refractivity contribution in [3.63, 3.8) is 0 Å². The fourth-order valence-corrected chi connectivity index (χ4v) is 7.60. The number of pyridine rings is 1. The molecule has 3 heteroatoms. The first-order chi connectivity index (χ1) is 27.7. The summed E-state index contributed by atoms with van der Waals surface area (Å²) >= 11 is 0. The van der Waals surface area contributed by atoms with Gasteiger partial charge in [-0.1, -0.05) is 188 Å². The van der Waals surface area contributed by atoms with Gasteiger partial charge in [-0.05, 0) is 68.4 Å². The summed E-state index contributed by atoms with van der Waals surface area (Å²) in [5.74, 6) is 0.672. The molecular formula is C53H35N3. The summed E-state index contributed by atoms with van der Waals surface area (Å²) in [7, 11) is 0. The van der Waals surface area contributed by atoms with Crippen LogP contribution in [0.1, 0.15) is 0 Å². The smallest absolute Gasteiger partial charge is 0.160 e. The highest BCUT2D eigenvalue weighted by Gasteiger charge is 2.16. The van der Waals surface area contributed by atoms with E-state index in [0.29, 0.717) is 5.82 Å². The van der Waals surface area contributed by atoms with Crippen LogP contribution >= 0.6 is 0 Å². The van der Waals surface area contributed by atoms with Crippen molar-refractivity contribution in [3.8, 4) is 78.5 Å². The van der Waals surface area contributed by atoms with Gasteiger partial charge in [0.25, 0.3) is 0 Å². The Morgan fingerprint density at radius 1 is 0.268 bits per heavy atom. The van der Waals surface area contributed by atoms with Crippen molar-refractivity contribution in [1.82, 2.24) is 15.0 Å². The number of aromatic nitrogens is 3. The normalized spacial score (nSPS) is 11.2. The van der Waals surface area contributed by atoms with E-state index in [1.807, 2.05) is 18.2 Å². The molecule has 0 atom stereocenters. The monoisotopic (exact) mass is 713 g/mol. The van der Waals surface area contributed by atoms with E-state index >= 15 is 0 Å². The van der Waals surface area contributed by atoms with Gasteiger partial charge in [-0.15, -0.1) is 0 Å². The maximum atomic E-state index is 5.26. The average Bonchev–Trinajstić information content (AvgIpc) is 3.29. The first-order valence-corrected chi connectivity index (χ1v) is 18.9. The summed E-state index contributed by atoms with van der Waals surface area (Å²) < 4.78 is 0. The summed E-state index contributed by atoms with van der Waals surface area (Å²) in [4.78, 5) is 15.7. The molecule has 10 rings (SSSR count). The van der Waals surface area contributed by atoms with Crippen molar-refractivity contribution in [3.05, 3.63) is 212 Å². The molecular weight excluding hydrogens is 679 g/mol. The van der Waals surface area contributed by atoms with Crippen LogP contribution in [0.2, 0.25) is 0 Å². The molecule has 0 saturated carbocycles. The Bertz CT molecular complexity index is 2860. The van der Waals surface area contributed by atoms with Crippen molar-refractivity contribution in [1.29, 1.82) is 0 Å². The third kappa shape index (κ3) is 6.42. The SMILES string of the molecule is c1ccc(-c2ccc(-c3cc(-c4ccc(-c5ccccc5)cc4)nc(-c4ccc5ccc6nc(-c7ccccc7)cc(-c7ccccc7)c6c5c4)n3)cc2)cc1. The summed E-state index contributed by atoms with van der Waals surface area (Å²) in [6, 6.07) is 74.5. The van der Waals surface area contributed by atoms with Gasteiger partial charge in [-0.25, -0.2) is 15.0 Å². The number of nitrogens with zero attached hydrogens (tertiary/aromatic N) is 3. The van der Waals surface area contributed by atoms with E-state index in [1.54, 1.807) is 0 Å². The van der Waals surface area contributed by atoms with Crippen molar-refractivity contribution in [2.24, 2.45) is 0 Å². The van der Waals surface area contributed by atoms with E-state index in [9.17, 15) is 0 Å². The van der Waals surface area contributed by atoms with Crippen molar-refractivity contribution < 1.29 is 0 Å². The molecule has 0 unspecified atom stereocenters. The first kappa shape index (κ1) is 33.1. The lowest BCUT2D eigenvalue weighted by Gasteiger charge is -2.14. The second kappa shape index (κ2) is 14.4. The van der Waals surface area contributed by atoms with Gasteiger partial charge in [-0.3, -0.25) is 0 Å². The Labute approximate surface area is 326 Å². The summed E-state index contributed by atoms with van der Waals surface area (Å²) in [5.41, 5.74) is 14.7. The van der Waals surface area contributed by atoms with Gasteiger partial charge in [0.05, 0.1) is 22.6 Å². The molecule has 0 fully saturated rings. The number of fused-ring (bicyclic) bond motifs is 3. The molecule has 0 aliphatic rings. The predicted octanol–water partition coefficient (Wildman–Crippen LogP) is 13.8. The Hall–Kier alpha value is -7.49. The van der Waals surface area contributed by atoms with Crippen LogP contribution in [0, 0.1) is 0 Å². The van der Waals surface area contributed by atoms with Crippen molar-refractivity contribution in [2.45, 2.75) is 0 Å². The fraction of sp³-hybridized carbons (Fsp3) is 0. The van der Waals surface area contributed by atoms with Crippen molar-refractivity contribution >= 4 is 21.7 Å². The number of rotatable bonds is 7. The van der Waals surface area contributed by atoms with Gasteiger partial charge < -0.3 is 0 Å². The zero-order chi connectivity index (χ0) is 37.3. The lowest BCUT2D eigenvalue weighted by atomic mass is 9.93. The summed E-state index contributed by atoms with van der Waals surface area (Å²) in [5, 5.41) is 3.36. The molecule has 8 aromatic carbocycles. The van der Waals surface area contributed by atoms with E-state index in [0.717, 1.165) is 72.1 Å². The minimum absolute atomic E-state index is 0.672. The highest BCUT2D eigenvalue weighted by Crippen LogP contribution is 2.38. The molecule has 2 heterocycles. The fourth-order valence-electron chi connectivity index (χ4n) is 7.60. The average molecular weight is 714 g/mol. The molecule has 262 valence electrons.